The lowest BCUT2D eigenvalue weighted by Crippen LogP contribution is -2.36. The van der Waals surface area contributed by atoms with Crippen molar-refractivity contribution < 1.29 is 42.8 Å². The minimum Gasteiger partial charge on any atom is -0.394 e. The number of nitrogens with two attached hydrogens (primary N) is 1. The van der Waals surface area contributed by atoms with E-state index in [2.05, 4.69) is 32.2 Å². The maximum Gasteiger partial charge on any atom is 0.386 e. The highest BCUT2D eigenvalue weighted by Gasteiger charge is 2.50. The Bertz CT molecular complexity index is 1690. The van der Waals surface area contributed by atoms with E-state index in [1.807, 2.05) is 0 Å². The van der Waals surface area contributed by atoms with Crippen LogP contribution in [0.1, 0.15) is 12.5 Å². The van der Waals surface area contributed by atoms with E-state index in [1.165, 1.54) is 51.1 Å². The van der Waals surface area contributed by atoms with Crippen LogP contribution in [0.5, 0.6) is 0 Å². The number of nitrogens with zero attached hydrogens (tertiary/aromatic N) is 7. The van der Waals surface area contributed by atoms with Gasteiger partial charge < -0.3 is 30.5 Å². The molecule has 6 rings (SSSR count). The van der Waals surface area contributed by atoms with E-state index >= 15 is 4.39 Å². The lowest BCUT2D eigenvalue weighted by atomic mass is 10.1. The second-order valence-corrected chi connectivity index (χ2v) is 12.2. The molecule has 0 aromatic carbocycles. The summed E-state index contributed by atoms with van der Waals surface area (Å²) in [7, 11) is 0. The monoisotopic (exact) mass is 614 g/mol. The van der Waals surface area contributed by atoms with Crippen LogP contribution in [0.3, 0.4) is 0 Å². The highest BCUT2D eigenvalue weighted by Crippen LogP contribution is 2.57. The van der Waals surface area contributed by atoms with Gasteiger partial charge in [0.1, 0.15) is 42.4 Å². The zero-order valence-electron chi connectivity index (χ0n) is 20.8. The van der Waals surface area contributed by atoms with Crippen molar-refractivity contribution in [1.82, 2.24) is 33.7 Å². The molecule has 0 spiro atoms. The number of halogens is 1. The minimum absolute atomic E-state index is 0.0459. The second kappa shape index (κ2) is 10.7. The van der Waals surface area contributed by atoms with E-state index in [0.717, 1.165) is 0 Å². The SMILES string of the molecule is Nc1ncnc2c1ncn2[C@@H]1O[C@H](CO[P@@](=O)(S)O[C@@H]2[C@H](O)[C@@H](CO)O[C@H]2n2ccc(=O)c3nccn32)[C@@H](O)[C@@H]1F. The average molecular weight is 615 g/mol. The summed E-state index contributed by atoms with van der Waals surface area (Å²) in [5.74, 6) is 0.0754. The Balaban J connectivity index is 1.18. The fraction of sp³-hybridized carbons (Fsp3) is 0.476. The average Bonchev–Trinajstić information content (AvgIpc) is 3.72. The number of aromatic nitrogens is 7. The number of hydrogen-bond donors (Lipinski definition) is 5. The van der Waals surface area contributed by atoms with Crippen molar-refractivity contribution in [3.8, 4) is 0 Å². The lowest BCUT2D eigenvalue weighted by molar-refractivity contribution is -0.0612. The molecule has 2 saturated heterocycles. The topological polar surface area (TPSA) is 224 Å². The van der Waals surface area contributed by atoms with E-state index in [4.69, 9.17) is 24.3 Å². The largest absolute Gasteiger partial charge is 0.394 e. The van der Waals surface area contributed by atoms with Crippen molar-refractivity contribution in [1.29, 1.82) is 0 Å². The Morgan fingerprint density at radius 3 is 2.66 bits per heavy atom. The highest BCUT2D eigenvalue weighted by molar-refractivity contribution is 8.44. The fourth-order valence-electron chi connectivity index (χ4n) is 4.83. The predicted octanol–water partition coefficient (Wildman–Crippen LogP) is -0.795. The minimum atomic E-state index is -4.35. The van der Waals surface area contributed by atoms with Gasteiger partial charge in [0, 0.05) is 24.7 Å². The molecule has 220 valence electrons. The summed E-state index contributed by atoms with van der Waals surface area (Å²) >= 11 is 3.99. The van der Waals surface area contributed by atoms with Gasteiger partial charge in [-0.15, -0.1) is 0 Å². The summed E-state index contributed by atoms with van der Waals surface area (Å²) in [6, 6.07) is 1.21. The van der Waals surface area contributed by atoms with E-state index in [9.17, 15) is 24.7 Å². The number of aliphatic hydroxyl groups is 3. The lowest BCUT2D eigenvalue weighted by Gasteiger charge is -2.26. The standard InChI is InChI=1S/C21H24FN8O9PS/c22-12-14(33)11(38-20(12)28-8-27-13-17(23)25-7-26-19(13)28)6-36-40(35,41)39-16-15(34)10(5-31)37-21(16)30-3-1-9(32)18-24-2-4-29(18)30/h1-4,7-8,10-12,14-16,20-21,31,33-34H,5-6H2,(H,35,41)(H2,23,25,26)/t10-,11-,12+,14-,15-,16-,20-,21-,40-/m1/s1. The number of thiol groups is 1. The number of anilines is 1. The van der Waals surface area contributed by atoms with Crippen LogP contribution >= 0.6 is 19.0 Å². The first-order chi connectivity index (χ1) is 19.6. The zero-order chi connectivity index (χ0) is 29.1. The van der Waals surface area contributed by atoms with Crippen LogP contribution in [-0.4, -0.2) is 98.9 Å². The van der Waals surface area contributed by atoms with Crippen LogP contribution in [-0.2, 0) is 23.1 Å². The van der Waals surface area contributed by atoms with Crippen LogP contribution in [0.25, 0.3) is 16.8 Å². The molecule has 0 saturated carbocycles. The molecular weight excluding hydrogens is 590 g/mol. The molecule has 41 heavy (non-hydrogen) atoms. The van der Waals surface area contributed by atoms with E-state index in [-0.39, 0.29) is 28.1 Å². The maximum absolute atomic E-state index is 15.1. The molecule has 6 heterocycles. The number of aliphatic hydroxyl groups excluding tert-OH is 3. The summed E-state index contributed by atoms with van der Waals surface area (Å²) in [5, 5.41) is 30.9. The van der Waals surface area contributed by atoms with Gasteiger partial charge in [-0.05, 0) is 0 Å². The van der Waals surface area contributed by atoms with Gasteiger partial charge in [-0.3, -0.25) is 23.1 Å². The highest BCUT2D eigenvalue weighted by atomic mass is 32.7. The van der Waals surface area contributed by atoms with Crippen molar-refractivity contribution >= 4 is 41.7 Å². The van der Waals surface area contributed by atoms with E-state index in [1.54, 1.807) is 0 Å². The summed E-state index contributed by atoms with van der Waals surface area (Å²) < 4.78 is 54.5. The van der Waals surface area contributed by atoms with E-state index in [0.29, 0.717) is 0 Å². The van der Waals surface area contributed by atoms with Crippen LogP contribution in [0.4, 0.5) is 10.2 Å². The van der Waals surface area contributed by atoms with Gasteiger partial charge in [0.05, 0.1) is 19.5 Å². The first-order valence-electron chi connectivity index (χ1n) is 12.1. The molecule has 0 radical (unpaired) electrons. The van der Waals surface area contributed by atoms with E-state index < -0.39 is 69.2 Å². The molecule has 2 aliphatic heterocycles. The quantitative estimate of drug-likeness (QED) is 0.121. The molecule has 17 nitrogen and oxygen atoms in total. The van der Waals surface area contributed by atoms with Crippen LogP contribution in [0.15, 0.2) is 42.1 Å². The van der Waals surface area contributed by atoms with Crippen molar-refractivity contribution in [2.45, 2.75) is 49.1 Å². The summed E-state index contributed by atoms with van der Waals surface area (Å²) in [4.78, 5) is 28.0. The number of rotatable bonds is 8. The van der Waals surface area contributed by atoms with Crippen LogP contribution in [0.2, 0.25) is 0 Å². The fourth-order valence-corrected chi connectivity index (χ4v) is 6.29. The zero-order valence-corrected chi connectivity index (χ0v) is 22.6. The second-order valence-electron chi connectivity index (χ2n) is 9.31. The molecule has 0 aliphatic carbocycles. The van der Waals surface area contributed by atoms with Crippen LogP contribution in [0, 0.1) is 0 Å². The summed E-state index contributed by atoms with van der Waals surface area (Å²) in [6.07, 6.45) is -5.01. The Kier molecular flexibility index (Phi) is 7.33. The van der Waals surface area contributed by atoms with Crippen molar-refractivity contribution in [3.63, 3.8) is 0 Å². The third-order valence-electron chi connectivity index (χ3n) is 6.83. The van der Waals surface area contributed by atoms with Gasteiger partial charge >= 0.3 is 6.80 Å². The Labute approximate surface area is 233 Å². The number of alkyl halides is 1. The number of ether oxygens (including phenoxy) is 2. The van der Waals surface area contributed by atoms with Gasteiger partial charge in [0.15, 0.2) is 35.7 Å². The van der Waals surface area contributed by atoms with Crippen LogP contribution < -0.4 is 11.2 Å². The summed E-state index contributed by atoms with van der Waals surface area (Å²) in [5.41, 5.74) is 5.83. The van der Waals surface area contributed by atoms with Crippen molar-refractivity contribution in [3.05, 3.63) is 47.5 Å². The molecule has 9 atom stereocenters. The first-order valence-corrected chi connectivity index (χ1v) is 14.8. The van der Waals surface area contributed by atoms with Gasteiger partial charge in [0.25, 0.3) is 0 Å². The van der Waals surface area contributed by atoms with Gasteiger partial charge in [-0.25, -0.2) is 33.4 Å². The number of hydrogen-bond acceptors (Lipinski definition) is 14. The number of nitrogen functional groups attached to an aromatic ring is 1. The van der Waals surface area contributed by atoms with Crippen molar-refractivity contribution in [2.75, 3.05) is 18.9 Å². The molecule has 2 fully saturated rings. The molecule has 4 aromatic rings. The summed E-state index contributed by atoms with van der Waals surface area (Å²) in [6.45, 7) is -5.58. The van der Waals surface area contributed by atoms with Gasteiger partial charge in [-0.2, -0.15) is 0 Å². The number of imidazole rings is 2. The maximum atomic E-state index is 15.1. The van der Waals surface area contributed by atoms with Crippen molar-refractivity contribution in [2.24, 2.45) is 0 Å². The molecule has 0 unspecified atom stereocenters. The molecule has 0 amide bonds. The normalized spacial score (nSPS) is 31.7. The smallest absolute Gasteiger partial charge is 0.386 e. The molecule has 5 N–H and O–H groups in total. The van der Waals surface area contributed by atoms with Gasteiger partial charge in [-0.1, -0.05) is 12.2 Å². The number of fused-ring (bicyclic) bond motifs is 2. The van der Waals surface area contributed by atoms with Gasteiger partial charge in [0.2, 0.25) is 5.43 Å². The Morgan fingerprint density at radius 1 is 1.10 bits per heavy atom. The molecule has 2 aliphatic rings. The molecule has 4 aromatic heterocycles. The third-order valence-corrected chi connectivity index (χ3v) is 8.45. The third kappa shape index (κ3) is 4.92. The first kappa shape index (κ1) is 28.1. The molecular formula is C21H24FN8O9PS. The molecule has 20 heteroatoms. The molecule has 0 bridgehead atoms. The Morgan fingerprint density at radius 2 is 1.88 bits per heavy atom. The predicted molar refractivity (Wildman–Crippen MR) is 138 cm³/mol. The Hall–Kier alpha value is -3.00.